The molecule has 1 aromatic carbocycles. The number of nitrogens with zero attached hydrogens (tertiary/aromatic N) is 2. The number of benzene rings is 1. The van der Waals surface area contributed by atoms with E-state index in [0.29, 0.717) is 6.54 Å². The van der Waals surface area contributed by atoms with Gasteiger partial charge in [-0.15, -0.1) is 11.3 Å². The van der Waals surface area contributed by atoms with E-state index in [-0.39, 0.29) is 11.0 Å². The Bertz CT molecular complexity index is 998. The molecule has 0 amide bonds. The van der Waals surface area contributed by atoms with Gasteiger partial charge in [0.2, 0.25) is 0 Å². The fourth-order valence-corrected chi connectivity index (χ4v) is 4.37. The summed E-state index contributed by atoms with van der Waals surface area (Å²) in [4.78, 5) is 24.0. The van der Waals surface area contributed by atoms with Crippen LogP contribution in [0.5, 0.6) is 0 Å². The van der Waals surface area contributed by atoms with E-state index in [1.807, 2.05) is 6.07 Å². The Morgan fingerprint density at radius 1 is 1.19 bits per heavy atom. The van der Waals surface area contributed by atoms with Crippen molar-refractivity contribution in [2.75, 3.05) is 6.54 Å². The van der Waals surface area contributed by atoms with Crippen LogP contribution in [-0.4, -0.2) is 21.4 Å². The zero-order chi connectivity index (χ0) is 19.0. The summed E-state index contributed by atoms with van der Waals surface area (Å²) in [6, 6.07) is 12.7. The first-order valence-corrected chi connectivity index (χ1v) is 10.3. The third-order valence-electron chi connectivity index (χ3n) is 5.00. The molecule has 140 valence electrons. The van der Waals surface area contributed by atoms with Crippen molar-refractivity contribution in [2.45, 2.75) is 45.7 Å². The molecule has 0 unspecified atom stereocenters. The standard InChI is InChI=1S/C22H25N3OS/c1-22(2,3)21-23-19-9-10-25(13-18(19)20(26)24-21)12-17-11-16(14-27-17)15-7-5-4-6-8-15/h4-8,11,14H,9-10,12-13H2,1-3H3,(H,23,24,26). The van der Waals surface area contributed by atoms with Crippen molar-refractivity contribution in [1.82, 2.24) is 14.9 Å². The van der Waals surface area contributed by atoms with E-state index in [0.717, 1.165) is 36.6 Å². The van der Waals surface area contributed by atoms with E-state index in [2.05, 4.69) is 66.4 Å². The molecule has 0 bridgehead atoms. The lowest BCUT2D eigenvalue weighted by Crippen LogP contribution is -2.36. The molecular weight excluding hydrogens is 354 g/mol. The number of nitrogens with one attached hydrogen (secondary N) is 1. The van der Waals surface area contributed by atoms with Gasteiger partial charge in [-0.05, 0) is 22.6 Å². The van der Waals surface area contributed by atoms with Crippen molar-refractivity contribution in [3.05, 3.63) is 74.1 Å². The summed E-state index contributed by atoms with van der Waals surface area (Å²) in [6.45, 7) is 8.71. The van der Waals surface area contributed by atoms with Crippen LogP contribution in [0.2, 0.25) is 0 Å². The molecule has 2 aromatic heterocycles. The average Bonchev–Trinajstić information content (AvgIpc) is 3.10. The minimum atomic E-state index is -0.143. The van der Waals surface area contributed by atoms with Crippen molar-refractivity contribution in [3.63, 3.8) is 0 Å². The zero-order valence-corrected chi connectivity index (χ0v) is 16.9. The third-order valence-corrected chi connectivity index (χ3v) is 5.92. The second-order valence-electron chi connectivity index (χ2n) is 8.22. The van der Waals surface area contributed by atoms with E-state index in [9.17, 15) is 4.79 Å². The van der Waals surface area contributed by atoms with Crippen LogP contribution < -0.4 is 5.56 Å². The molecule has 3 aromatic rings. The molecule has 5 heteroatoms. The van der Waals surface area contributed by atoms with Gasteiger partial charge in [0.05, 0.1) is 11.3 Å². The molecule has 0 saturated carbocycles. The topological polar surface area (TPSA) is 49.0 Å². The van der Waals surface area contributed by atoms with Crippen LogP contribution in [0, 0.1) is 0 Å². The monoisotopic (exact) mass is 379 g/mol. The molecule has 4 rings (SSSR count). The largest absolute Gasteiger partial charge is 0.310 e. The molecule has 0 fully saturated rings. The Kier molecular flexibility index (Phi) is 4.74. The minimum absolute atomic E-state index is 0.0192. The Labute approximate surface area is 163 Å². The van der Waals surface area contributed by atoms with Gasteiger partial charge in [0.1, 0.15) is 5.82 Å². The van der Waals surface area contributed by atoms with E-state index < -0.39 is 0 Å². The van der Waals surface area contributed by atoms with Gasteiger partial charge in [-0.3, -0.25) is 9.69 Å². The van der Waals surface area contributed by atoms with Crippen molar-refractivity contribution in [3.8, 4) is 11.1 Å². The highest BCUT2D eigenvalue weighted by atomic mass is 32.1. The maximum Gasteiger partial charge on any atom is 0.255 e. The molecule has 0 radical (unpaired) electrons. The summed E-state index contributed by atoms with van der Waals surface area (Å²) in [6.07, 6.45) is 0.833. The molecule has 0 spiro atoms. The molecular formula is C22H25N3OS. The van der Waals surface area contributed by atoms with Crippen LogP contribution in [0.4, 0.5) is 0 Å². The normalized spacial score (nSPS) is 14.9. The Hall–Kier alpha value is -2.24. The fraction of sp³-hybridized carbons (Fsp3) is 0.364. The van der Waals surface area contributed by atoms with Gasteiger partial charge in [0, 0.05) is 36.3 Å². The highest BCUT2D eigenvalue weighted by Gasteiger charge is 2.25. The van der Waals surface area contributed by atoms with E-state index in [1.165, 1.54) is 16.0 Å². The lowest BCUT2D eigenvalue weighted by Gasteiger charge is -2.28. The Morgan fingerprint density at radius 2 is 1.96 bits per heavy atom. The van der Waals surface area contributed by atoms with E-state index in [4.69, 9.17) is 4.98 Å². The van der Waals surface area contributed by atoms with Gasteiger partial charge in [0.15, 0.2) is 0 Å². The number of hydrogen-bond acceptors (Lipinski definition) is 4. The summed E-state index contributed by atoms with van der Waals surface area (Å²) in [5.41, 5.74) is 4.19. The van der Waals surface area contributed by atoms with Crippen LogP contribution in [0.3, 0.4) is 0 Å². The summed E-state index contributed by atoms with van der Waals surface area (Å²) < 4.78 is 0. The third kappa shape index (κ3) is 3.89. The summed E-state index contributed by atoms with van der Waals surface area (Å²) >= 11 is 1.79. The summed E-state index contributed by atoms with van der Waals surface area (Å²) in [5.74, 6) is 0.783. The van der Waals surface area contributed by atoms with Crippen LogP contribution >= 0.6 is 11.3 Å². The van der Waals surface area contributed by atoms with Gasteiger partial charge < -0.3 is 4.98 Å². The number of aromatic amines is 1. The minimum Gasteiger partial charge on any atom is -0.310 e. The number of thiophene rings is 1. The highest BCUT2D eigenvalue weighted by molar-refractivity contribution is 7.10. The summed E-state index contributed by atoms with van der Waals surface area (Å²) in [7, 11) is 0. The molecule has 1 N–H and O–H groups in total. The predicted molar refractivity (Wildman–Crippen MR) is 111 cm³/mol. The van der Waals surface area contributed by atoms with Crippen molar-refractivity contribution >= 4 is 11.3 Å². The second kappa shape index (κ2) is 7.06. The van der Waals surface area contributed by atoms with Gasteiger partial charge >= 0.3 is 0 Å². The zero-order valence-electron chi connectivity index (χ0n) is 16.1. The SMILES string of the molecule is CC(C)(C)c1nc2c(c(=O)[nH]1)CN(Cc1cc(-c3ccccc3)cs1)CC2. The molecule has 27 heavy (non-hydrogen) atoms. The maximum absolute atomic E-state index is 12.6. The molecule has 1 aliphatic rings. The number of rotatable bonds is 3. The highest BCUT2D eigenvalue weighted by Crippen LogP contribution is 2.27. The van der Waals surface area contributed by atoms with Crippen molar-refractivity contribution < 1.29 is 0 Å². The van der Waals surface area contributed by atoms with Gasteiger partial charge in [0.25, 0.3) is 5.56 Å². The number of H-pyrrole nitrogens is 1. The van der Waals surface area contributed by atoms with Gasteiger partial charge in [-0.1, -0.05) is 51.1 Å². The quantitative estimate of drug-likeness (QED) is 0.736. The second-order valence-corrected chi connectivity index (χ2v) is 9.21. The summed E-state index contributed by atoms with van der Waals surface area (Å²) in [5, 5.41) is 2.21. The first-order chi connectivity index (χ1) is 12.9. The first-order valence-electron chi connectivity index (χ1n) is 9.38. The van der Waals surface area contributed by atoms with Crippen LogP contribution in [-0.2, 0) is 24.9 Å². The Morgan fingerprint density at radius 3 is 2.70 bits per heavy atom. The predicted octanol–water partition coefficient (Wildman–Crippen LogP) is 4.35. The van der Waals surface area contributed by atoms with Crippen LogP contribution in [0.1, 0.15) is 42.7 Å². The fourth-order valence-electron chi connectivity index (χ4n) is 3.44. The maximum atomic E-state index is 12.6. The lowest BCUT2D eigenvalue weighted by molar-refractivity contribution is 0.243. The number of fused-ring (bicyclic) bond motifs is 1. The molecule has 1 aliphatic heterocycles. The molecule has 4 nitrogen and oxygen atoms in total. The number of aromatic nitrogens is 2. The van der Waals surface area contributed by atoms with Gasteiger partial charge in [-0.25, -0.2) is 4.98 Å². The number of hydrogen-bond donors (Lipinski definition) is 1. The molecule has 0 saturated heterocycles. The smallest absolute Gasteiger partial charge is 0.255 e. The Balaban J connectivity index is 1.51. The first kappa shape index (κ1) is 18.1. The molecule has 0 atom stereocenters. The van der Waals surface area contributed by atoms with Gasteiger partial charge in [-0.2, -0.15) is 0 Å². The van der Waals surface area contributed by atoms with Crippen molar-refractivity contribution in [1.29, 1.82) is 0 Å². The lowest BCUT2D eigenvalue weighted by atomic mass is 9.95. The van der Waals surface area contributed by atoms with E-state index >= 15 is 0 Å². The molecule has 3 heterocycles. The van der Waals surface area contributed by atoms with Crippen molar-refractivity contribution in [2.24, 2.45) is 0 Å². The van der Waals surface area contributed by atoms with Crippen LogP contribution in [0.25, 0.3) is 11.1 Å². The van der Waals surface area contributed by atoms with E-state index in [1.54, 1.807) is 11.3 Å². The average molecular weight is 380 g/mol. The molecule has 0 aliphatic carbocycles. The van der Waals surface area contributed by atoms with Crippen LogP contribution in [0.15, 0.2) is 46.6 Å².